The fraction of sp³-hybridized carbons (Fsp3) is 0.714. The van der Waals surface area contributed by atoms with E-state index in [1.54, 1.807) is 0 Å². The van der Waals surface area contributed by atoms with E-state index in [0.717, 1.165) is 0 Å². The number of nitrogens with one attached hydrogen (secondary N) is 2. The molecule has 0 aliphatic heterocycles. The summed E-state index contributed by atoms with van der Waals surface area (Å²) in [6, 6.07) is 1.27. The van der Waals surface area contributed by atoms with Gasteiger partial charge < -0.3 is 10.6 Å². The van der Waals surface area contributed by atoms with Crippen LogP contribution in [-0.4, -0.2) is 19.1 Å². The van der Waals surface area contributed by atoms with Gasteiger partial charge in [0.2, 0.25) is 0 Å². The highest BCUT2D eigenvalue weighted by Gasteiger charge is 2.13. The van der Waals surface area contributed by atoms with Crippen LogP contribution < -0.4 is 10.6 Å². The average Bonchev–Trinajstić information content (AvgIpc) is 1.99. The first kappa shape index (κ1) is 9.76. The molecule has 2 N–H and O–H groups in total. The van der Waals surface area contributed by atoms with Gasteiger partial charge in [-0.3, -0.25) is 0 Å². The Hall–Kier alpha value is -1.24. The molecule has 0 fully saturated rings. The minimum Gasteiger partial charge on any atom is -0.341 e. The van der Waals surface area contributed by atoms with Crippen molar-refractivity contribution in [3.8, 4) is 6.07 Å². The first-order chi connectivity index (χ1) is 5.11. The minimum absolute atomic E-state index is 0.136. The van der Waals surface area contributed by atoms with Crippen LogP contribution in [0.25, 0.3) is 0 Å². The standard InChI is InChI=1S/C7H13N3O/c1-5(2)6(4-8)10-7(11)9-3/h5-6H,1-3H3,(H2,9,10,11). The van der Waals surface area contributed by atoms with Crippen LogP contribution in [0.5, 0.6) is 0 Å². The molecule has 1 atom stereocenters. The van der Waals surface area contributed by atoms with Crippen LogP contribution >= 0.6 is 0 Å². The van der Waals surface area contributed by atoms with Gasteiger partial charge in [0.15, 0.2) is 0 Å². The zero-order valence-electron chi connectivity index (χ0n) is 7.01. The molecule has 0 bridgehead atoms. The number of rotatable bonds is 2. The molecule has 2 amide bonds. The predicted octanol–water partition coefficient (Wildman–Crippen LogP) is 0.464. The van der Waals surface area contributed by atoms with Crippen molar-refractivity contribution in [3.63, 3.8) is 0 Å². The maximum atomic E-state index is 10.7. The van der Waals surface area contributed by atoms with E-state index in [9.17, 15) is 4.79 Å². The van der Waals surface area contributed by atoms with Crippen molar-refractivity contribution in [2.24, 2.45) is 5.92 Å². The third-order valence-corrected chi connectivity index (χ3v) is 1.32. The van der Waals surface area contributed by atoms with Crippen molar-refractivity contribution < 1.29 is 4.79 Å². The second-order valence-corrected chi connectivity index (χ2v) is 2.57. The predicted molar refractivity (Wildman–Crippen MR) is 41.8 cm³/mol. The molecule has 1 unspecified atom stereocenters. The molecule has 11 heavy (non-hydrogen) atoms. The molecule has 0 heterocycles. The summed E-state index contributed by atoms with van der Waals surface area (Å²) in [5.74, 6) is 0.136. The molecule has 0 aromatic carbocycles. The van der Waals surface area contributed by atoms with Gasteiger partial charge in [0.05, 0.1) is 6.07 Å². The highest BCUT2D eigenvalue weighted by molar-refractivity contribution is 5.74. The number of carbonyl (C=O) groups excluding carboxylic acids is 1. The molecule has 0 radical (unpaired) electrons. The smallest absolute Gasteiger partial charge is 0.315 e. The number of nitrogens with zero attached hydrogens (tertiary/aromatic N) is 1. The van der Waals surface area contributed by atoms with E-state index in [4.69, 9.17) is 5.26 Å². The van der Waals surface area contributed by atoms with E-state index in [2.05, 4.69) is 10.6 Å². The van der Waals surface area contributed by atoms with Gasteiger partial charge in [-0.1, -0.05) is 13.8 Å². The maximum absolute atomic E-state index is 10.7. The SMILES string of the molecule is CNC(=O)NC(C#N)C(C)C. The summed E-state index contributed by atoms with van der Waals surface area (Å²) in [7, 11) is 1.52. The number of urea groups is 1. The van der Waals surface area contributed by atoms with Crippen molar-refractivity contribution in [3.05, 3.63) is 0 Å². The fourth-order valence-corrected chi connectivity index (χ4v) is 0.561. The number of hydrogen-bond donors (Lipinski definition) is 2. The number of amides is 2. The van der Waals surface area contributed by atoms with Crippen LogP contribution in [0.2, 0.25) is 0 Å². The quantitative estimate of drug-likeness (QED) is 0.608. The van der Waals surface area contributed by atoms with E-state index in [0.29, 0.717) is 0 Å². The summed E-state index contributed by atoms with van der Waals surface area (Å²) >= 11 is 0. The Labute approximate surface area is 66.6 Å². The van der Waals surface area contributed by atoms with Crippen LogP contribution in [-0.2, 0) is 0 Å². The zero-order chi connectivity index (χ0) is 8.85. The number of nitriles is 1. The lowest BCUT2D eigenvalue weighted by Crippen LogP contribution is -2.42. The van der Waals surface area contributed by atoms with Gasteiger partial charge >= 0.3 is 6.03 Å². The lowest BCUT2D eigenvalue weighted by Gasteiger charge is -2.13. The average molecular weight is 155 g/mol. The number of hydrogen-bond acceptors (Lipinski definition) is 2. The molecule has 0 rings (SSSR count). The molecule has 0 aromatic rings. The molecule has 0 aliphatic carbocycles. The summed E-state index contributed by atoms with van der Waals surface area (Å²) in [5.41, 5.74) is 0. The third-order valence-electron chi connectivity index (χ3n) is 1.32. The Balaban J connectivity index is 3.91. The molecule has 0 saturated heterocycles. The molecular formula is C7H13N3O. The van der Waals surface area contributed by atoms with Gasteiger partial charge in [-0.25, -0.2) is 4.79 Å². The number of carbonyl (C=O) groups is 1. The summed E-state index contributed by atoms with van der Waals surface area (Å²) in [5, 5.41) is 13.4. The van der Waals surface area contributed by atoms with E-state index in [-0.39, 0.29) is 11.9 Å². The summed E-state index contributed by atoms with van der Waals surface area (Å²) in [6.07, 6.45) is 0. The Morgan fingerprint density at radius 3 is 2.36 bits per heavy atom. The second kappa shape index (κ2) is 4.56. The van der Waals surface area contributed by atoms with Gasteiger partial charge in [-0.2, -0.15) is 5.26 Å². The highest BCUT2D eigenvalue weighted by atomic mass is 16.2. The lowest BCUT2D eigenvalue weighted by atomic mass is 10.1. The first-order valence-electron chi connectivity index (χ1n) is 3.49. The molecule has 0 aromatic heterocycles. The summed E-state index contributed by atoms with van der Waals surface area (Å²) < 4.78 is 0. The van der Waals surface area contributed by atoms with E-state index < -0.39 is 6.04 Å². The summed E-state index contributed by atoms with van der Waals surface area (Å²) in [6.45, 7) is 3.76. The van der Waals surface area contributed by atoms with Crippen molar-refractivity contribution in [2.75, 3.05) is 7.05 Å². The van der Waals surface area contributed by atoms with E-state index in [1.807, 2.05) is 19.9 Å². The molecule has 0 spiro atoms. The topological polar surface area (TPSA) is 64.9 Å². The van der Waals surface area contributed by atoms with Crippen molar-refractivity contribution in [2.45, 2.75) is 19.9 Å². The second-order valence-electron chi connectivity index (χ2n) is 2.57. The Morgan fingerprint density at radius 2 is 2.09 bits per heavy atom. The third kappa shape index (κ3) is 3.46. The van der Waals surface area contributed by atoms with Crippen LogP contribution in [0.1, 0.15) is 13.8 Å². The van der Waals surface area contributed by atoms with Gasteiger partial charge in [-0.15, -0.1) is 0 Å². The highest BCUT2D eigenvalue weighted by Crippen LogP contribution is 1.98. The Kier molecular flexibility index (Phi) is 4.04. The molecule has 0 aliphatic rings. The van der Waals surface area contributed by atoms with Crippen LogP contribution in [0.4, 0.5) is 4.79 Å². The minimum atomic E-state index is -0.407. The largest absolute Gasteiger partial charge is 0.341 e. The van der Waals surface area contributed by atoms with Gasteiger partial charge in [0, 0.05) is 7.05 Å². The normalized spacial score (nSPS) is 11.9. The molecule has 62 valence electrons. The lowest BCUT2D eigenvalue weighted by molar-refractivity contribution is 0.238. The van der Waals surface area contributed by atoms with Gasteiger partial charge in [0.25, 0.3) is 0 Å². The van der Waals surface area contributed by atoms with Gasteiger partial charge in [0.1, 0.15) is 6.04 Å². The maximum Gasteiger partial charge on any atom is 0.315 e. The molecule has 4 heteroatoms. The Bertz CT molecular complexity index is 171. The monoisotopic (exact) mass is 155 g/mol. The van der Waals surface area contributed by atoms with E-state index >= 15 is 0 Å². The van der Waals surface area contributed by atoms with Crippen LogP contribution in [0, 0.1) is 17.2 Å². The molecule has 4 nitrogen and oxygen atoms in total. The first-order valence-corrected chi connectivity index (χ1v) is 3.49. The molecule has 0 saturated carbocycles. The van der Waals surface area contributed by atoms with Crippen molar-refractivity contribution in [1.82, 2.24) is 10.6 Å². The van der Waals surface area contributed by atoms with E-state index in [1.165, 1.54) is 7.05 Å². The van der Waals surface area contributed by atoms with Crippen molar-refractivity contribution in [1.29, 1.82) is 5.26 Å². The van der Waals surface area contributed by atoms with Crippen LogP contribution in [0.15, 0.2) is 0 Å². The summed E-state index contributed by atoms with van der Waals surface area (Å²) in [4.78, 5) is 10.7. The zero-order valence-corrected chi connectivity index (χ0v) is 7.01. The fourth-order valence-electron chi connectivity index (χ4n) is 0.561. The van der Waals surface area contributed by atoms with Crippen LogP contribution in [0.3, 0.4) is 0 Å². The van der Waals surface area contributed by atoms with Crippen molar-refractivity contribution >= 4 is 6.03 Å². The van der Waals surface area contributed by atoms with Gasteiger partial charge in [-0.05, 0) is 5.92 Å². The Morgan fingerprint density at radius 1 is 1.55 bits per heavy atom. The molecular weight excluding hydrogens is 142 g/mol.